The highest BCUT2D eigenvalue weighted by Gasteiger charge is 2.23. The molecule has 1 aromatic rings. The van der Waals surface area contributed by atoms with Gasteiger partial charge < -0.3 is 14.8 Å². The van der Waals surface area contributed by atoms with Crippen molar-refractivity contribution in [3.63, 3.8) is 0 Å². The second-order valence-electron chi connectivity index (χ2n) is 4.69. The van der Waals surface area contributed by atoms with Crippen LogP contribution in [0.25, 0.3) is 0 Å². The fraction of sp³-hybridized carbons (Fsp3) is 0.636. The molecule has 0 saturated heterocycles. The van der Waals surface area contributed by atoms with Gasteiger partial charge in [0, 0.05) is 7.05 Å². The molecular formula is C11H18N4O4. The summed E-state index contributed by atoms with van der Waals surface area (Å²) < 4.78 is 10.7. The van der Waals surface area contributed by atoms with Gasteiger partial charge in [0.1, 0.15) is 12.9 Å². The molecule has 1 N–H and O–H groups in total. The molecule has 0 aliphatic rings. The zero-order chi connectivity index (χ0) is 14.5. The van der Waals surface area contributed by atoms with Crippen LogP contribution in [-0.4, -0.2) is 40.8 Å². The van der Waals surface area contributed by atoms with Crippen molar-refractivity contribution in [1.82, 2.24) is 9.97 Å². The largest absolute Gasteiger partial charge is 0.470 e. The predicted molar refractivity (Wildman–Crippen MR) is 69.4 cm³/mol. The quantitative estimate of drug-likeness (QED) is 0.476. The van der Waals surface area contributed by atoms with E-state index in [2.05, 4.69) is 15.3 Å². The fourth-order valence-corrected chi connectivity index (χ4v) is 1.30. The Morgan fingerprint density at radius 1 is 1.37 bits per heavy atom. The molecule has 8 heteroatoms. The topological polar surface area (TPSA) is 99.4 Å². The van der Waals surface area contributed by atoms with E-state index in [1.54, 1.807) is 7.05 Å². The number of nitro groups is 1. The van der Waals surface area contributed by atoms with E-state index in [9.17, 15) is 10.1 Å². The highest BCUT2D eigenvalue weighted by atomic mass is 16.6. The molecule has 0 atom stereocenters. The van der Waals surface area contributed by atoms with Gasteiger partial charge in [0.2, 0.25) is 5.82 Å². The van der Waals surface area contributed by atoms with E-state index in [1.807, 2.05) is 20.8 Å². The summed E-state index contributed by atoms with van der Waals surface area (Å²) in [4.78, 5) is 17.9. The van der Waals surface area contributed by atoms with Crippen molar-refractivity contribution in [3.05, 3.63) is 16.4 Å². The Morgan fingerprint density at radius 2 is 2.05 bits per heavy atom. The van der Waals surface area contributed by atoms with E-state index in [-0.39, 0.29) is 29.6 Å². The third kappa shape index (κ3) is 4.66. The lowest BCUT2D eigenvalue weighted by atomic mass is 10.2. The summed E-state index contributed by atoms with van der Waals surface area (Å²) in [5.74, 6) is 0.0496. The molecule has 106 valence electrons. The van der Waals surface area contributed by atoms with E-state index in [0.29, 0.717) is 6.61 Å². The number of hydrogen-bond acceptors (Lipinski definition) is 7. The lowest BCUT2D eigenvalue weighted by molar-refractivity contribution is -0.385. The number of nitrogens with zero attached hydrogens (tertiary/aromatic N) is 3. The molecule has 0 unspecified atom stereocenters. The van der Waals surface area contributed by atoms with E-state index >= 15 is 0 Å². The van der Waals surface area contributed by atoms with Crippen LogP contribution < -0.4 is 10.1 Å². The molecule has 1 rings (SSSR count). The van der Waals surface area contributed by atoms with Crippen molar-refractivity contribution < 1.29 is 14.4 Å². The van der Waals surface area contributed by atoms with Gasteiger partial charge in [0.25, 0.3) is 5.88 Å². The maximum atomic E-state index is 11.0. The number of anilines is 1. The van der Waals surface area contributed by atoms with Crippen molar-refractivity contribution in [3.8, 4) is 5.88 Å². The van der Waals surface area contributed by atoms with Gasteiger partial charge >= 0.3 is 5.69 Å². The lowest BCUT2D eigenvalue weighted by Crippen LogP contribution is -2.22. The van der Waals surface area contributed by atoms with Gasteiger partial charge in [0.05, 0.1) is 17.1 Å². The van der Waals surface area contributed by atoms with Crippen LogP contribution in [0.4, 0.5) is 11.5 Å². The second kappa shape index (κ2) is 6.28. The van der Waals surface area contributed by atoms with Crippen LogP contribution in [0, 0.1) is 10.1 Å². The maximum absolute atomic E-state index is 11.0. The number of ether oxygens (including phenoxy) is 2. The normalized spacial score (nSPS) is 11.2. The van der Waals surface area contributed by atoms with Crippen LogP contribution in [0.2, 0.25) is 0 Å². The molecular weight excluding hydrogens is 252 g/mol. The summed E-state index contributed by atoms with van der Waals surface area (Å²) in [5.41, 5.74) is -0.558. The highest BCUT2D eigenvalue weighted by Crippen LogP contribution is 2.30. The number of nitrogens with one attached hydrogen (secondary N) is 1. The molecule has 0 aliphatic heterocycles. The first-order chi connectivity index (χ1) is 8.85. The third-order valence-electron chi connectivity index (χ3n) is 2.07. The van der Waals surface area contributed by atoms with E-state index in [1.165, 1.54) is 6.33 Å². The standard InChI is InChI=1S/C11H18N4O4/c1-11(2,3)19-6-5-18-10-8(15(16)17)9(12-4)13-7-14-10/h7H,5-6H2,1-4H3,(H,12,13,14). The van der Waals surface area contributed by atoms with Crippen LogP contribution >= 0.6 is 0 Å². The summed E-state index contributed by atoms with van der Waals surface area (Å²) in [6.07, 6.45) is 1.21. The van der Waals surface area contributed by atoms with Crippen LogP contribution in [0.5, 0.6) is 5.88 Å². The Labute approximate surface area is 111 Å². The van der Waals surface area contributed by atoms with Gasteiger partial charge in [-0.25, -0.2) is 4.98 Å². The molecule has 0 amide bonds. The Bertz CT molecular complexity index is 445. The zero-order valence-corrected chi connectivity index (χ0v) is 11.5. The molecule has 19 heavy (non-hydrogen) atoms. The molecule has 1 heterocycles. The minimum atomic E-state index is -0.578. The van der Waals surface area contributed by atoms with Crippen molar-refractivity contribution in [2.75, 3.05) is 25.6 Å². The molecule has 1 aromatic heterocycles. The first-order valence-corrected chi connectivity index (χ1v) is 5.79. The Hall–Kier alpha value is -1.96. The number of rotatable bonds is 6. The monoisotopic (exact) mass is 270 g/mol. The molecule has 0 spiro atoms. The smallest absolute Gasteiger partial charge is 0.372 e. The summed E-state index contributed by atoms with van der Waals surface area (Å²) >= 11 is 0. The van der Waals surface area contributed by atoms with Crippen LogP contribution in [0.1, 0.15) is 20.8 Å². The first-order valence-electron chi connectivity index (χ1n) is 5.79. The van der Waals surface area contributed by atoms with Gasteiger partial charge in [0.15, 0.2) is 0 Å². The summed E-state index contributed by atoms with van der Waals surface area (Å²) in [6.45, 7) is 6.25. The van der Waals surface area contributed by atoms with Crippen LogP contribution in [0.3, 0.4) is 0 Å². The number of aromatic nitrogens is 2. The molecule has 0 radical (unpaired) electrons. The van der Waals surface area contributed by atoms with Crippen molar-refractivity contribution >= 4 is 11.5 Å². The van der Waals surface area contributed by atoms with Crippen LogP contribution in [-0.2, 0) is 4.74 Å². The van der Waals surface area contributed by atoms with Gasteiger partial charge in [-0.05, 0) is 20.8 Å². The van der Waals surface area contributed by atoms with Gasteiger partial charge in [-0.2, -0.15) is 4.98 Å². The Morgan fingerprint density at radius 3 is 2.58 bits per heavy atom. The number of hydrogen-bond donors (Lipinski definition) is 1. The van der Waals surface area contributed by atoms with Gasteiger partial charge in [-0.1, -0.05) is 0 Å². The summed E-state index contributed by atoms with van der Waals surface area (Å²) in [7, 11) is 1.54. The van der Waals surface area contributed by atoms with Crippen molar-refractivity contribution in [1.29, 1.82) is 0 Å². The summed E-state index contributed by atoms with van der Waals surface area (Å²) in [5, 5.41) is 13.6. The minimum Gasteiger partial charge on any atom is -0.470 e. The Kier molecular flexibility index (Phi) is 4.99. The molecule has 0 aromatic carbocycles. The average molecular weight is 270 g/mol. The SMILES string of the molecule is CNc1ncnc(OCCOC(C)(C)C)c1[N+](=O)[O-]. The van der Waals surface area contributed by atoms with E-state index < -0.39 is 4.92 Å². The van der Waals surface area contributed by atoms with Gasteiger partial charge in [-0.15, -0.1) is 0 Å². The molecule has 8 nitrogen and oxygen atoms in total. The Balaban J connectivity index is 2.70. The average Bonchev–Trinajstić information content (AvgIpc) is 2.32. The van der Waals surface area contributed by atoms with Gasteiger partial charge in [-0.3, -0.25) is 10.1 Å². The van der Waals surface area contributed by atoms with Crippen molar-refractivity contribution in [2.24, 2.45) is 0 Å². The van der Waals surface area contributed by atoms with Crippen molar-refractivity contribution in [2.45, 2.75) is 26.4 Å². The predicted octanol–water partition coefficient (Wildman–Crippen LogP) is 1.62. The highest BCUT2D eigenvalue weighted by molar-refractivity contribution is 5.60. The lowest BCUT2D eigenvalue weighted by Gasteiger charge is -2.19. The second-order valence-corrected chi connectivity index (χ2v) is 4.69. The first kappa shape index (κ1) is 15.1. The van der Waals surface area contributed by atoms with E-state index in [4.69, 9.17) is 9.47 Å². The minimum absolute atomic E-state index is 0.0677. The summed E-state index contributed by atoms with van der Waals surface area (Å²) in [6, 6.07) is 0. The fourth-order valence-electron chi connectivity index (χ4n) is 1.30. The zero-order valence-electron chi connectivity index (χ0n) is 11.5. The molecule has 0 saturated carbocycles. The van der Waals surface area contributed by atoms with E-state index in [0.717, 1.165) is 0 Å². The molecule has 0 fully saturated rings. The van der Waals surface area contributed by atoms with Crippen LogP contribution in [0.15, 0.2) is 6.33 Å². The third-order valence-corrected chi connectivity index (χ3v) is 2.07. The molecule has 0 bridgehead atoms. The maximum Gasteiger partial charge on any atom is 0.372 e. The molecule has 0 aliphatic carbocycles.